The minimum atomic E-state index is 0. The molecule has 1 saturated carbocycles. The van der Waals surface area contributed by atoms with Crippen molar-refractivity contribution in [1.82, 2.24) is 10.6 Å². The summed E-state index contributed by atoms with van der Waals surface area (Å²) in [7, 11) is 1.83. The third-order valence-corrected chi connectivity index (χ3v) is 4.83. The molecule has 1 fully saturated rings. The summed E-state index contributed by atoms with van der Waals surface area (Å²) in [5.41, 5.74) is 2.61. The highest BCUT2D eigenvalue weighted by Crippen LogP contribution is 2.40. The van der Waals surface area contributed by atoms with Crippen LogP contribution in [0.1, 0.15) is 35.9 Å². The predicted octanol–water partition coefficient (Wildman–Crippen LogP) is 3.85. The van der Waals surface area contributed by atoms with E-state index in [4.69, 9.17) is 4.74 Å². The molecule has 0 spiro atoms. The molecule has 2 aromatic rings. The van der Waals surface area contributed by atoms with E-state index in [1.165, 1.54) is 11.1 Å². The quantitative estimate of drug-likeness (QED) is 0.425. The van der Waals surface area contributed by atoms with Gasteiger partial charge in [-0.25, -0.2) is 0 Å². The minimum Gasteiger partial charge on any atom is -0.493 e. The molecular weight excluding hydrogens is 425 g/mol. The third-order valence-electron chi connectivity index (χ3n) is 4.83. The number of nitrogens with one attached hydrogen (secondary N) is 2. The van der Waals surface area contributed by atoms with Gasteiger partial charge in [0, 0.05) is 31.0 Å². The molecule has 3 unspecified atom stereocenters. The van der Waals surface area contributed by atoms with Crippen LogP contribution < -0.4 is 15.4 Å². The Labute approximate surface area is 166 Å². The molecule has 1 heterocycles. The van der Waals surface area contributed by atoms with Gasteiger partial charge in [0.05, 0.1) is 12.6 Å². The second kappa shape index (κ2) is 8.08. The number of benzene rings is 2. The highest BCUT2D eigenvalue weighted by molar-refractivity contribution is 14.0. The minimum absolute atomic E-state index is 0. The van der Waals surface area contributed by atoms with Crippen molar-refractivity contribution in [3.8, 4) is 5.75 Å². The Morgan fingerprint density at radius 2 is 1.80 bits per heavy atom. The Kier molecular flexibility index (Phi) is 5.83. The largest absolute Gasteiger partial charge is 0.493 e. The summed E-state index contributed by atoms with van der Waals surface area (Å²) >= 11 is 0. The average Bonchev–Trinajstić information content (AvgIpc) is 3.41. The van der Waals surface area contributed by atoms with Gasteiger partial charge in [0.1, 0.15) is 5.75 Å². The standard InChI is InChI=1S/C20H23N3O.HI/c1-21-20(23-18-13-16(18)14-7-3-2-4-8-14)22-17-11-12-24-19-10-6-5-9-15(17)19;/h2-10,16-18H,11-13H2,1H3,(H2,21,22,23);1H. The van der Waals surface area contributed by atoms with Crippen molar-refractivity contribution in [3.63, 3.8) is 0 Å². The van der Waals surface area contributed by atoms with E-state index < -0.39 is 0 Å². The van der Waals surface area contributed by atoms with Crippen molar-refractivity contribution >= 4 is 29.9 Å². The molecule has 3 atom stereocenters. The summed E-state index contributed by atoms with van der Waals surface area (Å²) in [5.74, 6) is 2.44. The number of aliphatic imine (C=N–C) groups is 1. The molecule has 4 rings (SSSR count). The summed E-state index contributed by atoms with van der Waals surface area (Å²) in [6.07, 6.45) is 2.11. The van der Waals surface area contributed by atoms with E-state index in [-0.39, 0.29) is 30.0 Å². The van der Waals surface area contributed by atoms with Gasteiger partial charge in [-0.3, -0.25) is 4.99 Å². The van der Waals surface area contributed by atoms with Crippen LogP contribution in [0.25, 0.3) is 0 Å². The first kappa shape index (κ1) is 18.0. The second-order valence-electron chi connectivity index (χ2n) is 6.45. The summed E-state index contributed by atoms with van der Waals surface area (Å²) in [4.78, 5) is 4.42. The Morgan fingerprint density at radius 3 is 2.60 bits per heavy atom. The number of hydrogen-bond donors (Lipinski definition) is 2. The first-order chi connectivity index (χ1) is 11.8. The maximum absolute atomic E-state index is 5.74. The number of para-hydroxylation sites is 1. The van der Waals surface area contributed by atoms with Gasteiger partial charge in [-0.05, 0) is 18.1 Å². The lowest BCUT2D eigenvalue weighted by Gasteiger charge is -2.28. The lowest BCUT2D eigenvalue weighted by molar-refractivity contribution is 0.261. The Morgan fingerprint density at radius 1 is 1.04 bits per heavy atom. The van der Waals surface area contributed by atoms with Crippen LogP contribution in [0.2, 0.25) is 0 Å². The molecule has 25 heavy (non-hydrogen) atoms. The molecule has 1 aliphatic heterocycles. The van der Waals surface area contributed by atoms with Gasteiger partial charge in [0.2, 0.25) is 0 Å². The Hall–Kier alpha value is -1.76. The molecule has 0 amide bonds. The molecule has 4 nitrogen and oxygen atoms in total. The van der Waals surface area contributed by atoms with Crippen LogP contribution in [-0.2, 0) is 0 Å². The van der Waals surface area contributed by atoms with E-state index >= 15 is 0 Å². The van der Waals surface area contributed by atoms with Gasteiger partial charge in [0.15, 0.2) is 5.96 Å². The average molecular weight is 449 g/mol. The van der Waals surface area contributed by atoms with Gasteiger partial charge < -0.3 is 15.4 Å². The zero-order chi connectivity index (χ0) is 16.4. The van der Waals surface area contributed by atoms with Crippen LogP contribution in [-0.4, -0.2) is 25.7 Å². The summed E-state index contributed by atoms with van der Waals surface area (Å²) in [6, 6.07) is 19.6. The number of guanidine groups is 1. The topological polar surface area (TPSA) is 45.7 Å². The predicted molar refractivity (Wildman–Crippen MR) is 112 cm³/mol. The fourth-order valence-corrected chi connectivity index (χ4v) is 3.43. The molecule has 132 valence electrons. The fraction of sp³-hybridized carbons (Fsp3) is 0.350. The first-order valence-corrected chi connectivity index (χ1v) is 8.61. The molecule has 0 saturated heterocycles. The number of halogens is 1. The molecule has 0 radical (unpaired) electrons. The molecule has 2 aromatic carbocycles. The van der Waals surface area contributed by atoms with Gasteiger partial charge in [0.25, 0.3) is 0 Å². The smallest absolute Gasteiger partial charge is 0.191 e. The van der Waals surface area contributed by atoms with Gasteiger partial charge in [-0.2, -0.15) is 0 Å². The molecule has 0 bridgehead atoms. The van der Waals surface area contributed by atoms with E-state index in [9.17, 15) is 0 Å². The lowest BCUT2D eigenvalue weighted by atomic mass is 10.0. The van der Waals surface area contributed by atoms with Crippen LogP contribution in [0, 0.1) is 0 Å². The Balaban J connectivity index is 0.00000182. The van der Waals surface area contributed by atoms with E-state index in [2.05, 4.69) is 58.1 Å². The van der Waals surface area contributed by atoms with Crippen LogP contribution in [0.15, 0.2) is 59.6 Å². The zero-order valence-electron chi connectivity index (χ0n) is 14.3. The summed E-state index contributed by atoms with van der Waals surface area (Å²) in [6.45, 7) is 0.738. The van der Waals surface area contributed by atoms with Crippen LogP contribution in [0.5, 0.6) is 5.75 Å². The van der Waals surface area contributed by atoms with Crippen LogP contribution >= 0.6 is 24.0 Å². The van der Waals surface area contributed by atoms with Gasteiger partial charge >= 0.3 is 0 Å². The molecule has 2 aliphatic rings. The number of nitrogens with zero attached hydrogens (tertiary/aromatic N) is 1. The van der Waals surface area contributed by atoms with Crippen molar-refractivity contribution in [2.24, 2.45) is 4.99 Å². The van der Waals surface area contributed by atoms with Crippen molar-refractivity contribution in [2.75, 3.05) is 13.7 Å². The molecule has 2 N–H and O–H groups in total. The summed E-state index contributed by atoms with van der Waals surface area (Å²) in [5, 5.41) is 7.13. The van der Waals surface area contributed by atoms with Crippen LogP contribution in [0.4, 0.5) is 0 Å². The maximum Gasteiger partial charge on any atom is 0.191 e. The van der Waals surface area contributed by atoms with Crippen molar-refractivity contribution in [3.05, 3.63) is 65.7 Å². The normalized spacial score (nSPS) is 24.4. The highest BCUT2D eigenvalue weighted by atomic mass is 127. The monoisotopic (exact) mass is 449 g/mol. The molecule has 0 aromatic heterocycles. The van der Waals surface area contributed by atoms with E-state index in [0.717, 1.165) is 31.2 Å². The Bertz CT molecular complexity index is 735. The lowest BCUT2D eigenvalue weighted by Crippen LogP contribution is -2.42. The van der Waals surface area contributed by atoms with Crippen molar-refractivity contribution in [1.29, 1.82) is 0 Å². The second-order valence-corrected chi connectivity index (χ2v) is 6.45. The number of ether oxygens (including phenoxy) is 1. The van der Waals surface area contributed by atoms with Crippen molar-refractivity contribution in [2.45, 2.75) is 30.8 Å². The number of fused-ring (bicyclic) bond motifs is 1. The van der Waals surface area contributed by atoms with Crippen LogP contribution in [0.3, 0.4) is 0 Å². The van der Waals surface area contributed by atoms with Gasteiger partial charge in [-0.1, -0.05) is 48.5 Å². The maximum atomic E-state index is 5.74. The molecular formula is C20H24IN3O. The SMILES string of the molecule is CN=C(NC1CCOc2ccccc21)NC1CC1c1ccccc1.I. The number of hydrogen-bond acceptors (Lipinski definition) is 2. The van der Waals surface area contributed by atoms with Gasteiger partial charge in [-0.15, -0.1) is 24.0 Å². The first-order valence-electron chi connectivity index (χ1n) is 8.61. The van der Waals surface area contributed by atoms with Crippen molar-refractivity contribution < 1.29 is 4.74 Å². The third kappa shape index (κ3) is 4.08. The molecule has 5 heteroatoms. The zero-order valence-corrected chi connectivity index (χ0v) is 16.6. The fourth-order valence-electron chi connectivity index (χ4n) is 3.43. The van der Waals surface area contributed by atoms with E-state index in [0.29, 0.717) is 12.0 Å². The summed E-state index contributed by atoms with van der Waals surface area (Å²) < 4.78 is 5.74. The van der Waals surface area contributed by atoms with E-state index in [1.54, 1.807) is 0 Å². The molecule has 1 aliphatic carbocycles. The van der Waals surface area contributed by atoms with E-state index in [1.807, 2.05) is 19.2 Å². The number of rotatable bonds is 3. The highest BCUT2D eigenvalue weighted by Gasteiger charge is 2.39.